The zero-order valence-electron chi connectivity index (χ0n) is 15.8. The molecule has 2 aliphatic rings. The molecule has 144 valence electrons. The van der Waals surface area contributed by atoms with E-state index < -0.39 is 39.9 Å². The number of hydrogen-bond donors (Lipinski definition) is 0. The van der Waals surface area contributed by atoms with Crippen molar-refractivity contribution in [3.05, 3.63) is 75.8 Å². The first kappa shape index (κ1) is 18.2. The highest BCUT2D eigenvalue weighted by Crippen LogP contribution is 2.67. The maximum atomic E-state index is 13.5. The van der Waals surface area contributed by atoms with Gasteiger partial charge in [0.05, 0.1) is 11.6 Å². The number of imide groups is 1. The van der Waals surface area contributed by atoms with E-state index in [1.807, 2.05) is 6.07 Å². The van der Waals surface area contributed by atoms with Crippen molar-refractivity contribution < 1.29 is 19.2 Å². The van der Waals surface area contributed by atoms with E-state index in [2.05, 4.69) is 0 Å². The first-order chi connectivity index (χ1) is 13.2. The lowest BCUT2D eigenvalue weighted by Crippen LogP contribution is -2.42. The molecule has 0 aromatic heterocycles. The van der Waals surface area contributed by atoms with Crippen LogP contribution in [0.25, 0.3) is 0 Å². The van der Waals surface area contributed by atoms with Gasteiger partial charge in [0.25, 0.3) is 5.91 Å². The summed E-state index contributed by atoms with van der Waals surface area (Å²) in [6, 6.07) is 14.6. The molecule has 0 radical (unpaired) electrons. The third kappa shape index (κ3) is 2.42. The summed E-state index contributed by atoms with van der Waals surface area (Å²) in [5.74, 6) is -1.23. The molecule has 1 fully saturated rings. The van der Waals surface area contributed by atoms with Gasteiger partial charge in [-0.2, -0.15) is 0 Å². The largest absolute Gasteiger partial charge is 0.443 e. The SMILES string of the molecule is CC(C)(C)OC(=O)N1C(=O)[C@]2(c3ccccc31)[C@H](c1ccccc1)[C@H]2[N+](=O)[O-]. The van der Waals surface area contributed by atoms with Crippen molar-refractivity contribution in [2.75, 3.05) is 4.90 Å². The van der Waals surface area contributed by atoms with Crippen molar-refractivity contribution in [1.29, 1.82) is 0 Å². The molecule has 0 N–H and O–H groups in total. The van der Waals surface area contributed by atoms with E-state index in [0.29, 0.717) is 16.8 Å². The summed E-state index contributed by atoms with van der Waals surface area (Å²) >= 11 is 0. The van der Waals surface area contributed by atoms with Gasteiger partial charge in [-0.1, -0.05) is 48.5 Å². The molecule has 0 unspecified atom stereocenters. The molecule has 1 aliphatic heterocycles. The van der Waals surface area contributed by atoms with Gasteiger partial charge in [0.15, 0.2) is 5.41 Å². The highest BCUT2D eigenvalue weighted by molar-refractivity contribution is 6.23. The summed E-state index contributed by atoms with van der Waals surface area (Å²) in [6.45, 7) is 5.12. The highest BCUT2D eigenvalue weighted by Gasteiger charge is 2.83. The van der Waals surface area contributed by atoms with E-state index in [-0.39, 0.29) is 0 Å². The topological polar surface area (TPSA) is 89.8 Å². The van der Waals surface area contributed by atoms with Crippen LogP contribution in [0.3, 0.4) is 0 Å². The highest BCUT2D eigenvalue weighted by atomic mass is 16.6. The fraction of sp³-hybridized carbons (Fsp3) is 0.333. The first-order valence-corrected chi connectivity index (χ1v) is 9.05. The Hall–Kier alpha value is -3.22. The van der Waals surface area contributed by atoms with Crippen LogP contribution >= 0.6 is 0 Å². The molecule has 1 aliphatic carbocycles. The number of para-hydroxylation sites is 1. The molecule has 2 amide bonds. The van der Waals surface area contributed by atoms with Crippen LogP contribution in [0.2, 0.25) is 0 Å². The Kier molecular flexibility index (Phi) is 3.82. The van der Waals surface area contributed by atoms with E-state index in [4.69, 9.17) is 4.74 Å². The second-order valence-corrected chi connectivity index (χ2v) is 8.13. The first-order valence-electron chi connectivity index (χ1n) is 9.05. The average molecular weight is 380 g/mol. The van der Waals surface area contributed by atoms with E-state index in [1.54, 1.807) is 69.3 Å². The second kappa shape index (κ2) is 5.89. The Morgan fingerprint density at radius 1 is 1.11 bits per heavy atom. The summed E-state index contributed by atoms with van der Waals surface area (Å²) in [6.07, 6.45) is -0.817. The standard InChI is InChI=1S/C21H20N2O5/c1-20(2,3)28-19(25)22-15-12-8-7-11-14(15)21(18(22)24)16(17(21)23(26)27)13-9-5-4-6-10-13/h4-12,16-17H,1-3H3/t16-,17-,21-/m1/s1. The van der Waals surface area contributed by atoms with Gasteiger partial charge in [0.2, 0.25) is 6.04 Å². The monoisotopic (exact) mass is 380 g/mol. The fourth-order valence-corrected chi connectivity index (χ4v) is 4.27. The number of carbonyl (C=O) groups excluding carboxylic acids is 2. The number of amides is 2. The molecule has 28 heavy (non-hydrogen) atoms. The quantitative estimate of drug-likeness (QED) is 0.586. The third-order valence-electron chi connectivity index (χ3n) is 5.27. The molecular weight excluding hydrogens is 360 g/mol. The van der Waals surface area contributed by atoms with E-state index >= 15 is 0 Å². The lowest BCUT2D eigenvalue weighted by Gasteiger charge is -2.24. The van der Waals surface area contributed by atoms with Crippen molar-refractivity contribution >= 4 is 17.7 Å². The molecule has 3 atom stereocenters. The van der Waals surface area contributed by atoms with Crippen LogP contribution in [-0.4, -0.2) is 28.6 Å². The predicted octanol–water partition coefficient (Wildman–Crippen LogP) is 3.65. The van der Waals surface area contributed by atoms with Crippen molar-refractivity contribution in [1.82, 2.24) is 0 Å². The van der Waals surface area contributed by atoms with Crippen molar-refractivity contribution in [3.63, 3.8) is 0 Å². The van der Waals surface area contributed by atoms with E-state index in [0.717, 1.165) is 4.90 Å². The summed E-state index contributed by atoms with van der Waals surface area (Å²) in [7, 11) is 0. The van der Waals surface area contributed by atoms with Crippen molar-refractivity contribution in [3.8, 4) is 0 Å². The average Bonchev–Trinajstić information content (AvgIpc) is 3.26. The van der Waals surface area contributed by atoms with Gasteiger partial charge >= 0.3 is 6.09 Å². The fourth-order valence-electron chi connectivity index (χ4n) is 4.27. The smallest absolute Gasteiger partial charge is 0.421 e. The summed E-state index contributed by atoms with van der Waals surface area (Å²) < 4.78 is 5.40. The molecule has 1 spiro atoms. The molecule has 0 saturated heterocycles. The number of benzene rings is 2. The molecular formula is C21H20N2O5. The maximum absolute atomic E-state index is 13.5. The molecule has 1 heterocycles. The summed E-state index contributed by atoms with van der Waals surface area (Å²) in [5, 5.41) is 11.9. The second-order valence-electron chi connectivity index (χ2n) is 8.13. The predicted molar refractivity (Wildman–Crippen MR) is 102 cm³/mol. The zero-order valence-corrected chi connectivity index (χ0v) is 15.8. The van der Waals surface area contributed by atoms with Crippen LogP contribution in [0.5, 0.6) is 0 Å². The molecule has 1 saturated carbocycles. The van der Waals surface area contributed by atoms with Gasteiger partial charge in [-0.15, -0.1) is 0 Å². The third-order valence-corrected chi connectivity index (χ3v) is 5.27. The van der Waals surface area contributed by atoms with Crippen LogP contribution in [-0.2, 0) is 14.9 Å². The number of fused-ring (bicyclic) bond motifs is 2. The van der Waals surface area contributed by atoms with Gasteiger partial charge < -0.3 is 4.74 Å². The van der Waals surface area contributed by atoms with Gasteiger partial charge in [-0.25, -0.2) is 9.69 Å². The minimum Gasteiger partial charge on any atom is -0.443 e. The van der Waals surface area contributed by atoms with Crippen molar-refractivity contribution in [2.24, 2.45) is 0 Å². The number of anilines is 1. The number of ether oxygens (including phenoxy) is 1. The van der Waals surface area contributed by atoms with Gasteiger partial charge in [-0.05, 0) is 38.0 Å². The normalized spacial score (nSPS) is 25.5. The van der Waals surface area contributed by atoms with Gasteiger partial charge in [-0.3, -0.25) is 14.9 Å². The molecule has 0 bridgehead atoms. The Balaban J connectivity index is 1.85. The van der Waals surface area contributed by atoms with Crippen LogP contribution in [0, 0.1) is 10.1 Å². The van der Waals surface area contributed by atoms with Gasteiger partial charge in [0.1, 0.15) is 5.60 Å². The van der Waals surface area contributed by atoms with E-state index in [9.17, 15) is 19.7 Å². The van der Waals surface area contributed by atoms with Crippen LogP contribution in [0.1, 0.15) is 37.8 Å². The Bertz CT molecular complexity index is 982. The Labute approximate surface area is 162 Å². The Morgan fingerprint density at radius 3 is 2.32 bits per heavy atom. The Morgan fingerprint density at radius 2 is 1.71 bits per heavy atom. The number of hydrogen-bond acceptors (Lipinski definition) is 5. The van der Waals surface area contributed by atoms with Crippen LogP contribution < -0.4 is 4.90 Å². The molecule has 4 rings (SSSR count). The molecule has 2 aromatic rings. The lowest BCUT2D eigenvalue weighted by atomic mass is 9.92. The molecule has 7 heteroatoms. The van der Waals surface area contributed by atoms with Crippen LogP contribution in [0.4, 0.5) is 10.5 Å². The zero-order chi connectivity index (χ0) is 20.3. The molecule has 7 nitrogen and oxygen atoms in total. The maximum Gasteiger partial charge on any atom is 0.421 e. The van der Waals surface area contributed by atoms with Crippen LogP contribution in [0.15, 0.2) is 54.6 Å². The lowest BCUT2D eigenvalue weighted by molar-refractivity contribution is -0.499. The summed E-state index contributed by atoms with van der Waals surface area (Å²) in [4.78, 5) is 38.7. The van der Waals surface area contributed by atoms with E-state index in [1.165, 1.54) is 0 Å². The number of carbonyl (C=O) groups is 2. The minimum atomic E-state index is -1.39. The number of rotatable bonds is 2. The molecule has 2 aromatic carbocycles. The number of nitrogens with zero attached hydrogens (tertiary/aromatic N) is 2. The minimum absolute atomic E-state index is 0.354. The number of nitro groups is 1. The van der Waals surface area contributed by atoms with Gasteiger partial charge in [0, 0.05) is 4.92 Å². The summed E-state index contributed by atoms with van der Waals surface area (Å²) in [5.41, 5.74) is -0.627. The van der Waals surface area contributed by atoms with Crippen molar-refractivity contribution in [2.45, 2.75) is 43.7 Å².